The predicted molar refractivity (Wildman–Crippen MR) is 50.2 cm³/mol. The van der Waals surface area contributed by atoms with Crippen LogP contribution in [0.5, 0.6) is 0 Å². The largest absolute Gasteiger partial charge is 0.215 e. The summed E-state index contributed by atoms with van der Waals surface area (Å²) >= 11 is 3.47. The molecule has 0 saturated heterocycles. The highest BCUT2D eigenvalue weighted by molar-refractivity contribution is 9.10. The number of hydrogen-bond acceptors (Lipinski definition) is 2. The third kappa shape index (κ3) is 0.948. The van der Waals surface area contributed by atoms with E-state index in [1.807, 2.05) is 6.07 Å². The minimum absolute atomic E-state index is 0.880. The van der Waals surface area contributed by atoms with E-state index >= 15 is 0 Å². The maximum Gasteiger partial charge on any atom is 0.156 e. The van der Waals surface area contributed by atoms with Crippen LogP contribution in [0.4, 0.5) is 0 Å². The van der Waals surface area contributed by atoms with Crippen LogP contribution in [0.2, 0.25) is 0 Å². The van der Waals surface area contributed by atoms with E-state index in [1.54, 1.807) is 10.8 Å². The van der Waals surface area contributed by atoms with Gasteiger partial charge in [-0.1, -0.05) is 0 Å². The second kappa shape index (κ2) is 2.55. The molecule has 62 valence electrons. The number of fused-ring (bicyclic) bond motifs is 1. The molecule has 4 heteroatoms. The Labute approximate surface area is 78.6 Å². The normalized spacial score (nSPS) is 10.9. The third-order valence-corrected chi connectivity index (χ3v) is 2.94. The summed E-state index contributed by atoms with van der Waals surface area (Å²) in [6.45, 7) is 4.12. The lowest BCUT2D eigenvalue weighted by atomic mass is 10.2. The Balaban J connectivity index is 2.94. The molecule has 2 heterocycles. The van der Waals surface area contributed by atoms with Gasteiger partial charge in [0.25, 0.3) is 0 Å². The summed E-state index contributed by atoms with van der Waals surface area (Å²) in [7, 11) is 0. The summed E-state index contributed by atoms with van der Waals surface area (Å²) in [4.78, 5) is 4.10. The Morgan fingerprint density at radius 1 is 1.42 bits per heavy atom. The van der Waals surface area contributed by atoms with Crippen LogP contribution >= 0.6 is 15.9 Å². The lowest BCUT2D eigenvalue weighted by molar-refractivity contribution is 0.919. The molecule has 2 rings (SSSR count). The molecule has 0 bridgehead atoms. The fourth-order valence-corrected chi connectivity index (χ4v) is 1.71. The fourth-order valence-electron chi connectivity index (χ4n) is 1.12. The number of halogens is 1. The van der Waals surface area contributed by atoms with Crippen molar-refractivity contribution < 1.29 is 0 Å². The van der Waals surface area contributed by atoms with Crippen LogP contribution in [0.1, 0.15) is 11.1 Å². The number of nitrogens with zero attached hydrogens (tertiary/aromatic N) is 3. The van der Waals surface area contributed by atoms with Crippen LogP contribution in [0.25, 0.3) is 5.65 Å². The molecule has 0 unspecified atom stereocenters. The van der Waals surface area contributed by atoms with E-state index in [1.165, 1.54) is 11.1 Å². The molecule has 0 aliphatic rings. The molecule has 0 N–H and O–H groups in total. The van der Waals surface area contributed by atoms with Crippen molar-refractivity contribution in [2.75, 3.05) is 0 Å². The lowest BCUT2D eigenvalue weighted by Crippen LogP contribution is -1.95. The molecule has 0 aliphatic carbocycles. The SMILES string of the molecule is Cc1cc2ncnn2c(Br)c1C. The van der Waals surface area contributed by atoms with Crippen molar-refractivity contribution in [3.63, 3.8) is 0 Å². The van der Waals surface area contributed by atoms with Crippen LogP contribution < -0.4 is 0 Å². The van der Waals surface area contributed by atoms with Crippen LogP contribution in [-0.2, 0) is 0 Å². The van der Waals surface area contributed by atoms with Crippen molar-refractivity contribution >= 4 is 21.6 Å². The molecule has 0 spiro atoms. The van der Waals surface area contributed by atoms with Gasteiger partial charge in [-0.2, -0.15) is 5.10 Å². The summed E-state index contributed by atoms with van der Waals surface area (Å²) in [5.41, 5.74) is 3.31. The van der Waals surface area contributed by atoms with Crippen LogP contribution in [0, 0.1) is 13.8 Å². The first-order valence-electron chi connectivity index (χ1n) is 3.65. The van der Waals surface area contributed by atoms with Gasteiger partial charge in [-0.15, -0.1) is 0 Å². The highest BCUT2D eigenvalue weighted by atomic mass is 79.9. The van der Waals surface area contributed by atoms with E-state index in [0.717, 1.165) is 10.3 Å². The number of aryl methyl sites for hydroxylation is 1. The first kappa shape index (κ1) is 7.73. The Kier molecular flexibility index (Phi) is 1.65. The van der Waals surface area contributed by atoms with Gasteiger partial charge in [0, 0.05) is 0 Å². The maximum atomic E-state index is 4.10. The van der Waals surface area contributed by atoms with Crippen LogP contribution in [0.15, 0.2) is 17.0 Å². The molecule has 2 aromatic heterocycles. The molecule has 2 aromatic rings. The van der Waals surface area contributed by atoms with Crippen LogP contribution in [-0.4, -0.2) is 14.6 Å². The average Bonchev–Trinajstić information content (AvgIpc) is 2.48. The highest BCUT2D eigenvalue weighted by Crippen LogP contribution is 2.20. The molecule has 0 radical (unpaired) electrons. The van der Waals surface area contributed by atoms with Crippen molar-refractivity contribution in [3.05, 3.63) is 28.1 Å². The van der Waals surface area contributed by atoms with Gasteiger partial charge in [0.2, 0.25) is 0 Å². The van der Waals surface area contributed by atoms with Crippen molar-refractivity contribution in [2.45, 2.75) is 13.8 Å². The quantitative estimate of drug-likeness (QED) is 0.644. The molecule has 0 fully saturated rings. The lowest BCUT2D eigenvalue weighted by Gasteiger charge is -2.03. The summed E-state index contributed by atoms with van der Waals surface area (Å²) in [6, 6.07) is 2.02. The predicted octanol–water partition coefficient (Wildman–Crippen LogP) is 2.11. The summed E-state index contributed by atoms with van der Waals surface area (Å²) < 4.78 is 2.76. The van der Waals surface area contributed by atoms with E-state index in [4.69, 9.17) is 0 Å². The van der Waals surface area contributed by atoms with Gasteiger partial charge in [-0.3, -0.25) is 0 Å². The summed E-state index contributed by atoms with van der Waals surface area (Å²) in [5, 5.41) is 4.08. The van der Waals surface area contributed by atoms with E-state index < -0.39 is 0 Å². The highest BCUT2D eigenvalue weighted by Gasteiger charge is 2.05. The zero-order valence-corrected chi connectivity index (χ0v) is 8.46. The average molecular weight is 226 g/mol. The minimum Gasteiger partial charge on any atom is -0.215 e. The molecular formula is C8H8BrN3. The number of pyridine rings is 1. The Morgan fingerprint density at radius 2 is 2.17 bits per heavy atom. The first-order chi connectivity index (χ1) is 5.70. The van der Waals surface area contributed by atoms with Crippen molar-refractivity contribution in [2.24, 2.45) is 0 Å². The monoisotopic (exact) mass is 225 g/mol. The molecular weight excluding hydrogens is 218 g/mol. The number of rotatable bonds is 0. The molecule has 3 nitrogen and oxygen atoms in total. The number of hydrogen-bond donors (Lipinski definition) is 0. The zero-order chi connectivity index (χ0) is 8.72. The van der Waals surface area contributed by atoms with Gasteiger partial charge < -0.3 is 0 Å². The Morgan fingerprint density at radius 3 is 2.92 bits per heavy atom. The molecule has 0 atom stereocenters. The van der Waals surface area contributed by atoms with Gasteiger partial charge in [0.1, 0.15) is 10.9 Å². The summed E-state index contributed by atoms with van der Waals surface area (Å²) in [6.07, 6.45) is 1.55. The third-order valence-electron chi connectivity index (χ3n) is 2.01. The second-order valence-corrected chi connectivity index (χ2v) is 3.52. The van der Waals surface area contributed by atoms with E-state index in [0.29, 0.717) is 0 Å². The first-order valence-corrected chi connectivity index (χ1v) is 4.45. The smallest absolute Gasteiger partial charge is 0.156 e. The Bertz CT molecular complexity index is 433. The fraction of sp³-hybridized carbons (Fsp3) is 0.250. The molecule has 12 heavy (non-hydrogen) atoms. The van der Waals surface area contributed by atoms with Crippen molar-refractivity contribution in [1.82, 2.24) is 14.6 Å². The van der Waals surface area contributed by atoms with Gasteiger partial charge in [-0.05, 0) is 47.0 Å². The maximum absolute atomic E-state index is 4.10. The van der Waals surface area contributed by atoms with Crippen molar-refractivity contribution in [3.8, 4) is 0 Å². The van der Waals surface area contributed by atoms with E-state index in [9.17, 15) is 0 Å². The van der Waals surface area contributed by atoms with Gasteiger partial charge in [0.05, 0.1) is 0 Å². The standard InChI is InChI=1S/C8H8BrN3/c1-5-3-7-10-4-11-12(7)8(9)6(5)2/h3-4H,1-2H3. The van der Waals surface area contributed by atoms with Crippen molar-refractivity contribution in [1.29, 1.82) is 0 Å². The zero-order valence-electron chi connectivity index (χ0n) is 6.87. The van der Waals surface area contributed by atoms with Gasteiger partial charge in [-0.25, -0.2) is 9.50 Å². The molecule has 0 aliphatic heterocycles. The summed E-state index contributed by atoms with van der Waals surface area (Å²) in [5.74, 6) is 0. The molecule has 0 saturated carbocycles. The topological polar surface area (TPSA) is 30.2 Å². The molecule has 0 aromatic carbocycles. The molecule has 0 amide bonds. The van der Waals surface area contributed by atoms with Gasteiger partial charge >= 0.3 is 0 Å². The minimum atomic E-state index is 0.880. The van der Waals surface area contributed by atoms with E-state index in [2.05, 4.69) is 39.9 Å². The second-order valence-electron chi connectivity index (χ2n) is 2.77. The Hall–Kier alpha value is -0.900. The van der Waals surface area contributed by atoms with Crippen LogP contribution in [0.3, 0.4) is 0 Å². The number of aromatic nitrogens is 3. The van der Waals surface area contributed by atoms with Gasteiger partial charge in [0.15, 0.2) is 5.65 Å². The van der Waals surface area contributed by atoms with E-state index in [-0.39, 0.29) is 0 Å².